The number of ether oxygens (including phenoxy) is 4. The van der Waals surface area contributed by atoms with Crippen molar-refractivity contribution in [3.05, 3.63) is 65.9 Å². The van der Waals surface area contributed by atoms with Crippen molar-refractivity contribution in [2.75, 3.05) is 39.9 Å². The van der Waals surface area contributed by atoms with E-state index < -0.39 is 18.3 Å². The van der Waals surface area contributed by atoms with Crippen LogP contribution in [0.25, 0.3) is 21.9 Å². The van der Waals surface area contributed by atoms with Gasteiger partial charge in [-0.25, -0.2) is 0 Å². The van der Waals surface area contributed by atoms with Crippen LogP contribution in [0.1, 0.15) is 39.0 Å². The van der Waals surface area contributed by atoms with Crippen molar-refractivity contribution >= 4 is 29.2 Å². The molecule has 0 spiro atoms. The summed E-state index contributed by atoms with van der Waals surface area (Å²) in [4.78, 5) is 0. The third-order valence-electron chi connectivity index (χ3n) is 8.29. The predicted molar refractivity (Wildman–Crippen MR) is 170 cm³/mol. The van der Waals surface area contributed by atoms with E-state index in [9.17, 15) is 0 Å². The van der Waals surface area contributed by atoms with Gasteiger partial charge in [0.05, 0.1) is 37.7 Å². The molecule has 3 aromatic carbocycles. The van der Waals surface area contributed by atoms with Crippen LogP contribution in [0.4, 0.5) is 5.82 Å². The van der Waals surface area contributed by atoms with Crippen molar-refractivity contribution in [2.24, 2.45) is 0 Å². The molecule has 0 atom stereocenters. The monoisotopic (exact) mass is 585 g/mol. The smallest absolute Gasteiger partial charge is 0.494 e. The van der Waals surface area contributed by atoms with E-state index in [1.807, 2.05) is 37.3 Å². The molecule has 43 heavy (non-hydrogen) atoms. The van der Waals surface area contributed by atoms with Gasteiger partial charge in [-0.15, -0.1) is 5.10 Å². The van der Waals surface area contributed by atoms with Crippen LogP contribution in [0.3, 0.4) is 0 Å². The maximum Gasteiger partial charge on any atom is 0.494 e. The Balaban J connectivity index is 1.50. The molecule has 0 saturated carbocycles. The number of nitrogens with one attached hydrogen (secondary N) is 1. The summed E-state index contributed by atoms with van der Waals surface area (Å²) in [6.07, 6.45) is 0. The van der Waals surface area contributed by atoms with Gasteiger partial charge >= 0.3 is 7.12 Å². The van der Waals surface area contributed by atoms with Crippen LogP contribution in [0.15, 0.2) is 54.6 Å². The number of aromatic nitrogens is 2. The number of fused-ring (bicyclic) bond motifs is 1. The van der Waals surface area contributed by atoms with Crippen molar-refractivity contribution in [1.29, 1.82) is 0 Å². The average Bonchev–Trinajstić information content (AvgIpc) is 3.23. The fourth-order valence-corrected chi connectivity index (χ4v) is 5.02. The molecule has 0 amide bonds. The van der Waals surface area contributed by atoms with Crippen LogP contribution in [-0.2, 0) is 20.6 Å². The summed E-state index contributed by atoms with van der Waals surface area (Å²) >= 11 is 0. The second kappa shape index (κ2) is 12.4. The second-order valence-electron chi connectivity index (χ2n) is 11.6. The van der Waals surface area contributed by atoms with Crippen molar-refractivity contribution in [3.63, 3.8) is 0 Å². The maximum absolute atomic E-state index is 6.35. The molecule has 0 aliphatic carbocycles. The zero-order valence-electron chi connectivity index (χ0n) is 26.2. The largest absolute Gasteiger partial charge is 0.497 e. The summed E-state index contributed by atoms with van der Waals surface area (Å²) in [5.74, 6) is 2.91. The first-order chi connectivity index (χ1) is 20.6. The lowest BCUT2D eigenvalue weighted by atomic mass is 9.77. The van der Waals surface area contributed by atoms with Gasteiger partial charge < -0.3 is 33.6 Å². The molecule has 1 aromatic heterocycles. The quantitative estimate of drug-likeness (QED) is 0.179. The number of anilines is 1. The molecule has 5 rings (SSSR count). The van der Waals surface area contributed by atoms with E-state index in [0.717, 1.165) is 55.9 Å². The first kappa shape index (κ1) is 30.6. The molecule has 2 heterocycles. The zero-order chi connectivity index (χ0) is 30.8. The maximum atomic E-state index is 6.35. The summed E-state index contributed by atoms with van der Waals surface area (Å²) in [5, 5.41) is 14.3. The Hall–Kier alpha value is -3.86. The Morgan fingerprint density at radius 3 is 2.26 bits per heavy atom. The van der Waals surface area contributed by atoms with Crippen molar-refractivity contribution in [1.82, 2.24) is 10.2 Å². The fraction of sp³-hybridized carbons (Fsp3) is 0.394. The Kier molecular flexibility index (Phi) is 8.82. The van der Waals surface area contributed by atoms with Crippen LogP contribution in [-0.4, -0.2) is 63.1 Å². The van der Waals surface area contributed by atoms with Gasteiger partial charge in [-0.1, -0.05) is 18.2 Å². The van der Waals surface area contributed by atoms with Gasteiger partial charge in [0.25, 0.3) is 0 Å². The van der Waals surface area contributed by atoms with E-state index in [0.29, 0.717) is 25.6 Å². The first-order valence-electron chi connectivity index (χ1n) is 14.4. The molecular weight excluding hydrogens is 545 g/mol. The number of hydrogen-bond acceptors (Lipinski definition) is 9. The number of hydrogen-bond donors (Lipinski definition) is 1. The molecule has 0 bridgehead atoms. The lowest BCUT2D eigenvalue weighted by Gasteiger charge is -2.32. The number of benzene rings is 3. The molecule has 1 aliphatic heterocycles. The molecule has 0 radical (unpaired) electrons. The van der Waals surface area contributed by atoms with Crippen molar-refractivity contribution < 1.29 is 28.3 Å². The minimum absolute atomic E-state index is 0.431. The van der Waals surface area contributed by atoms with E-state index in [-0.39, 0.29) is 0 Å². The number of nitrogens with zero attached hydrogens (tertiary/aromatic N) is 2. The van der Waals surface area contributed by atoms with Crippen LogP contribution in [0, 0.1) is 6.92 Å². The Morgan fingerprint density at radius 2 is 1.56 bits per heavy atom. The van der Waals surface area contributed by atoms with Gasteiger partial charge in [0.1, 0.15) is 23.9 Å². The van der Waals surface area contributed by atoms with E-state index in [4.69, 9.17) is 28.3 Å². The van der Waals surface area contributed by atoms with Crippen LogP contribution in [0.2, 0.25) is 0 Å². The van der Waals surface area contributed by atoms with E-state index in [1.165, 1.54) is 0 Å². The van der Waals surface area contributed by atoms with E-state index in [1.54, 1.807) is 21.3 Å². The molecule has 226 valence electrons. The average molecular weight is 586 g/mol. The number of aryl methyl sites for hydroxylation is 1. The fourth-order valence-electron chi connectivity index (χ4n) is 5.02. The molecular formula is C33H40BN3O6. The minimum Gasteiger partial charge on any atom is -0.497 e. The van der Waals surface area contributed by atoms with E-state index in [2.05, 4.69) is 67.5 Å². The third-order valence-corrected chi connectivity index (χ3v) is 8.29. The number of methoxy groups -OCH3 is 3. The Labute approximate surface area is 253 Å². The Bertz CT molecular complexity index is 1590. The molecule has 9 nitrogen and oxygen atoms in total. The topological polar surface area (TPSA) is 93.2 Å². The summed E-state index contributed by atoms with van der Waals surface area (Å²) in [7, 11) is 4.46. The molecule has 1 N–H and O–H groups in total. The third kappa shape index (κ3) is 6.27. The minimum atomic E-state index is -0.490. The highest BCUT2D eigenvalue weighted by Gasteiger charge is 2.51. The molecule has 1 fully saturated rings. The lowest BCUT2D eigenvalue weighted by Crippen LogP contribution is -2.41. The van der Waals surface area contributed by atoms with Gasteiger partial charge in [0, 0.05) is 41.6 Å². The SMILES string of the molecule is COCCOc1ccc(B2OC(C)(C)C(C)(C)O2)cc1-c1ccc2c(NCc3ccc(OC)cc3OC)nnc(C)c2c1. The van der Waals surface area contributed by atoms with Crippen LogP contribution < -0.4 is 25.0 Å². The highest BCUT2D eigenvalue weighted by atomic mass is 16.7. The van der Waals surface area contributed by atoms with Gasteiger partial charge in [0.15, 0.2) is 5.82 Å². The normalized spacial score (nSPS) is 15.5. The summed E-state index contributed by atoms with van der Waals surface area (Å²) in [5.41, 5.74) is 3.76. The van der Waals surface area contributed by atoms with Gasteiger partial charge in [-0.05, 0) is 76.0 Å². The highest BCUT2D eigenvalue weighted by Crippen LogP contribution is 2.38. The summed E-state index contributed by atoms with van der Waals surface area (Å²) in [6, 6.07) is 18.1. The van der Waals surface area contributed by atoms with E-state index >= 15 is 0 Å². The highest BCUT2D eigenvalue weighted by molar-refractivity contribution is 6.62. The molecule has 1 aliphatic rings. The first-order valence-corrected chi connectivity index (χ1v) is 14.4. The van der Waals surface area contributed by atoms with Crippen LogP contribution in [0.5, 0.6) is 17.2 Å². The van der Waals surface area contributed by atoms with Crippen molar-refractivity contribution in [3.8, 4) is 28.4 Å². The number of rotatable bonds is 11. The van der Waals surface area contributed by atoms with Gasteiger partial charge in [0.2, 0.25) is 0 Å². The summed E-state index contributed by atoms with van der Waals surface area (Å²) < 4.78 is 35.0. The Morgan fingerprint density at radius 1 is 0.791 bits per heavy atom. The standard InChI is InChI=1S/C33H40BN3O6/c1-21-27-17-22(10-13-26(27)31(37-36-21)35-20-23-9-12-25(39-7)19-30(23)40-8)28-18-24(11-14-29(28)41-16-15-38-6)34-42-32(2,3)33(4,5)43-34/h9-14,17-19H,15-16,20H2,1-8H3,(H,35,37). The lowest BCUT2D eigenvalue weighted by molar-refractivity contribution is 0.00578. The molecule has 10 heteroatoms. The van der Waals surface area contributed by atoms with Crippen molar-refractivity contribution in [2.45, 2.75) is 52.4 Å². The predicted octanol–water partition coefficient (Wildman–Crippen LogP) is 5.56. The molecule has 4 aromatic rings. The molecule has 0 unspecified atom stereocenters. The zero-order valence-corrected chi connectivity index (χ0v) is 26.2. The van der Waals surface area contributed by atoms with Crippen LogP contribution >= 0.6 is 0 Å². The summed E-state index contributed by atoms with van der Waals surface area (Å²) in [6.45, 7) is 11.6. The second-order valence-corrected chi connectivity index (χ2v) is 11.6. The molecule has 1 saturated heterocycles. The van der Waals surface area contributed by atoms with Gasteiger partial charge in [-0.3, -0.25) is 0 Å². The van der Waals surface area contributed by atoms with Gasteiger partial charge in [-0.2, -0.15) is 5.10 Å².